The molecular formula is C14H18F3N. The zero-order chi connectivity index (χ0) is 13.2. The van der Waals surface area contributed by atoms with Crippen molar-refractivity contribution < 1.29 is 13.2 Å². The first-order valence-corrected chi connectivity index (χ1v) is 6.39. The van der Waals surface area contributed by atoms with Gasteiger partial charge in [0, 0.05) is 11.7 Å². The van der Waals surface area contributed by atoms with Crippen molar-refractivity contribution in [2.45, 2.75) is 44.8 Å². The van der Waals surface area contributed by atoms with Crippen molar-refractivity contribution in [1.29, 1.82) is 0 Å². The standard InChI is InChI=1S/C14H18F3N/c1-10-4-2-6-12(8-10)18-13-7-3-5-11(9-13)14(15,16)17/h3,5,7,9-10,12,18H,2,4,6,8H2,1H3. The molecule has 18 heavy (non-hydrogen) atoms. The van der Waals surface area contributed by atoms with Gasteiger partial charge < -0.3 is 5.32 Å². The van der Waals surface area contributed by atoms with E-state index in [0.717, 1.165) is 25.3 Å². The average molecular weight is 257 g/mol. The zero-order valence-corrected chi connectivity index (χ0v) is 10.4. The molecule has 0 saturated heterocycles. The summed E-state index contributed by atoms with van der Waals surface area (Å²) < 4.78 is 37.7. The van der Waals surface area contributed by atoms with E-state index in [1.165, 1.54) is 18.6 Å². The van der Waals surface area contributed by atoms with Crippen LogP contribution in [0.5, 0.6) is 0 Å². The molecule has 2 unspecified atom stereocenters. The second kappa shape index (κ2) is 5.21. The van der Waals surface area contributed by atoms with E-state index in [2.05, 4.69) is 12.2 Å². The van der Waals surface area contributed by atoms with Crippen molar-refractivity contribution in [2.24, 2.45) is 5.92 Å². The van der Waals surface area contributed by atoms with Gasteiger partial charge in [-0.05, 0) is 37.0 Å². The lowest BCUT2D eigenvalue weighted by atomic mass is 9.87. The fraction of sp³-hybridized carbons (Fsp3) is 0.571. The predicted molar refractivity (Wildman–Crippen MR) is 66.5 cm³/mol. The Morgan fingerprint density at radius 2 is 2.00 bits per heavy atom. The molecular weight excluding hydrogens is 239 g/mol. The van der Waals surface area contributed by atoms with Gasteiger partial charge in [0.2, 0.25) is 0 Å². The lowest BCUT2D eigenvalue weighted by Crippen LogP contribution is -2.26. The summed E-state index contributed by atoms with van der Waals surface area (Å²) in [7, 11) is 0. The van der Waals surface area contributed by atoms with E-state index in [4.69, 9.17) is 0 Å². The molecule has 1 aromatic rings. The third-order valence-corrected chi connectivity index (χ3v) is 3.50. The van der Waals surface area contributed by atoms with Gasteiger partial charge in [0.25, 0.3) is 0 Å². The maximum atomic E-state index is 12.6. The van der Waals surface area contributed by atoms with E-state index in [0.29, 0.717) is 17.6 Å². The molecule has 2 atom stereocenters. The molecule has 0 aromatic heterocycles. The van der Waals surface area contributed by atoms with Gasteiger partial charge in [0.05, 0.1) is 5.56 Å². The summed E-state index contributed by atoms with van der Waals surface area (Å²) in [6, 6.07) is 5.76. The lowest BCUT2D eigenvalue weighted by molar-refractivity contribution is -0.137. The molecule has 1 saturated carbocycles. The monoisotopic (exact) mass is 257 g/mol. The third kappa shape index (κ3) is 3.40. The molecule has 1 aromatic carbocycles. The van der Waals surface area contributed by atoms with Crippen LogP contribution in [0.4, 0.5) is 18.9 Å². The summed E-state index contributed by atoms with van der Waals surface area (Å²) in [4.78, 5) is 0. The summed E-state index contributed by atoms with van der Waals surface area (Å²) in [6.07, 6.45) is 0.187. The fourth-order valence-corrected chi connectivity index (χ4v) is 2.59. The Bertz CT molecular complexity index is 400. The summed E-state index contributed by atoms with van der Waals surface area (Å²) >= 11 is 0. The summed E-state index contributed by atoms with van der Waals surface area (Å²) in [5, 5.41) is 3.22. The molecule has 0 spiro atoms. The summed E-state index contributed by atoms with van der Waals surface area (Å²) in [5.41, 5.74) is -0.0136. The normalized spacial score (nSPS) is 24.9. The van der Waals surface area contributed by atoms with Crippen molar-refractivity contribution >= 4 is 5.69 Å². The molecule has 0 heterocycles. The minimum Gasteiger partial charge on any atom is -0.382 e. The minimum absolute atomic E-state index is 0.303. The van der Waals surface area contributed by atoms with Gasteiger partial charge in [-0.3, -0.25) is 0 Å². The Balaban J connectivity index is 2.05. The molecule has 1 N–H and O–H groups in total. The number of alkyl halides is 3. The van der Waals surface area contributed by atoms with E-state index in [1.807, 2.05) is 0 Å². The smallest absolute Gasteiger partial charge is 0.382 e. The fourth-order valence-electron chi connectivity index (χ4n) is 2.59. The van der Waals surface area contributed by atoms with E-state index in [1.54, 1.807) is 6.07 Å². The highest BCUT2D eigenvalue weighted by atomic mass is 19.4. The molecule has 2 rings (SSSR count). The van der Waals surface area contributed by atoms with Crippen molar-refractivity contribution in [3.63, 3.8) is 0 Å². The Morgan fingerprint density at radius 3 is 2.67 bits per heavy atom. The maximum absolute atomic E-state index is 12.6. The minimum atomic E-state index is -4.27. The van der Waals surface area contributed by atoms with Gasteiger partial charge in [-0.25, -0.2) is 0 Å². The molecule has 100 valence electrons. The largest absolute Gasteiger partial charge is 0.416 e. The number of hydrogen-bond acceptors (Lipinski definition) is 1. The number of anilines is 1. The van der Waals surface area contributed by atoms with Crippen LogP contribution in [0, 0.1) is 5.92 Å². The Labute approximate surface area is 105 Å². The average Bonchev–Trinajstić information content (AvgIpc) is 2.28. The molecule has 4 heteroatoms. The van der Waals surface area contributed by atoms with E-state index >= 15 is 0 Å². The first kappa shape index (κ1) is 13.2. The summed E-state index contributed by atoms with van der Waals surface area (Å²) in [6.45, 7) is 2.19. The van der Waals surface area contributed by atoms with Gasteiger partial charge in [-0.1, -0.05) is 25.8 Å². The first-order valence-electron chi connectivity index (χ1n) is 6.39. The number of benzene rings is 1. The van der Waals surface area contributed by atoms with Gasteiger partial charge in [0.15, 0.2) is 0 Å². The second-order valence-electron chi connectivity index (χ2n) is 5.19. The molecule has 1 nitrogen and oxygen atoms in total. The van der Waals surface area contributed by atoms with Crippen LogP contribution in [0.15, 0.2) is 24.3 Å². The third-order valence-electron chi connectivity index (χ3n) is 3.50. The second-order valence-corrected chi connectivity index (χ2v) is 5.19. The molecule has 0 aliphatic heterocycles. The molecule has 0 bridgehead atoms. The van der Waals surface area contributed by atoms with Crippen LogP contribution in [0.1, 0.15) is 38.2 Å². The van der Waals surface area contributed by atoms with Gasteiger partial charge >= 0.3 is 6.18 Å². The van der Waals surface area contributed by atoms with Crippen LogP contribution in [0.2, 0.25) is 0 Å². The molecule has 1 aliphatic carbocycles. The van der Waals surface area contributed by atoms with E-state index in [9.17, 15) is 13.2 Å². The van der Waals surface area contributed by atoms with Crippen molar-refractivity contribution in [1.82, 2.24) is 0 Å². The van der Waals surface area contributed by atoms with Gasteiger partial charge in [0.1, 0.15) is 0 Å². The SMILES string of the molecule is CC1CCCC(Nc2cccc(C(F)(F)F)c2)C1. The van der Waals surface area contributed by atoms with E-state index in [-0.39, 0.29) is 0 Å². The van der Waals surface area contributed by atoms with E-state index < -0.39 is 11.7 Å². The topological polar surface area (TPSA) is 12.0 Å². The van der Waals surface area contributed by atoms with Crippen molar-refractivity contribution in [3.8, 4) is 0 Å². The number of nitrogens with one attached hydrogen (secondary N) is 1. The summed E-state index contributed by atoms with van der Waals surface area (Å²) in [5.74, 6) is 0.655. The number of halogens is 3. The first-order chi connectivity index (χ1) is 8.45. The van der Waals surface area contributed by atoms with Crippen LogP contribution < -0.4 is 5.32 Å². The highest BCUT2D eigenvalue weighted by Gasteiger charge is 2.30. The van der Waals surface area contributed by atoms with Crippen LogP contribution in [0.3, 0.4) is 0 Å². The van der Waals surface area contributed by atoms with Gasteiger partial charge in [-0.2, -0.15) is 13.2 Å². The van der Waals surface area contributed by atoms with Crippen LogP contribution in [-0.2, 0) is 6.18 Å². The van der Waals surface area contributed by atoms with Crippen LogP contribution in [0.25, 0.3) is 0 Å². The Kier molecular flexibility index (Phi) is 3.83. The highest BCUT2D eigenvalue weighted by molar-refractivity contribution is 5.47. The predicted octanol–water partition coefficient (Wildman–Crippen LogP) is 4.70. The van der Waals surface area contributed by atoms with Crippen LogP contribution in [-0.4, -0.2) is 6.04 Å². The lowest BCUT2D eigenvalue weighted by Gasteiger charge is -2.28. The Hall–Kier alpha value is -1.19. The van der Waals surface area contributed by atoms with Gasteiger partial charge in [-0.15, -0.1) is 0 Å². The Morgan fingerprint density at radius 1 is 1.22 bits per heavy atom. The van der Waals surface area contributed by atoms with Crippen LogP contribution >= 0.6 is 0 Å². The molecule has 1 fully saturated rings. The molecule has 1 aliphatic rings. The quantitative estimate of drug-likeness (QED) is 0.810. The maximum Gasteiger partial charge on any atom is 0.416 e. The molecule has 0 amide bonds. The van der Waals surface area contributed by atoms with Crippen molar-refractivity contribution in [3.05, 3.63) is 29.8 Å². The zero-order valence-electron chi connectivity index (χ0n) is 10.4. The van der Waals surface area contributed by atoms with Crippen molar-refractivity contribution in [2.75, 3.05) is 5.32 Å². The molecule has 0 radical (unpaired) electrons. The number of hydrogen-bond donors (Lipinski definition) is 1. The number of rotatable bonds is 2. The highest BCUT2D eigenvalue weighted by Crippen LogP contribution is 2.32.